The molecule has 2 aromatic heterocycles. The standard InChI is InChI=1S/C20H22N4O6/c1-10(2)16(27)20(17(28)11(3)4,24-13-6-8-22-19(30)15(13)26)9-23-12-5-7-21-18(29)14(12)25/h5-8,25-26H,1,3,9H2,2,4H3,(H2,21,23,29)(H2,22,24,30). The van der Waals surface area contributed by atoms with E-state index in [-0.39, 0.29) is 22.5 Å². The van der Waals surface area contributed by atoms with Gasteiger partial charge in [-0.2, -0.15) is 0 Å². The van der Waals surface area contributed by atoms with E-state index in [0.29, 0.717) is 0 Å². The highest BCUT2D eigenvalue weighted by Gasteiger charge is 2.46. The lowest BCUT2D eigenvalue weighted by molar-refractivity contribution is -0.128. The van der Waals surface area contributed by atoms with E-state index >= 15 is 0 Å². The van der Waals surface area contributed by atoms with Crippen molar-refractivity contribution in [2.75, 3.05) is 17.2 Å². The van der Waals surface area contributed by atoms with Crippen LogP contribution in [0.15, 0.2) is 58.4 Å². The Labute approximate surface area is 171 Å². The summed E-state index contributed by atoms with van der Waals surface area (Å²) in [6, 6.07) is 2.61. The summed E-state index contributed by atoms with van der Waals surface area (Å²) in [6.07, 6.45) is 2.49. The van der Waals surface area contributed by atoms with Crippen LogP contribution in [-0.4, -0.2) is 43.8 Å². The lowest BCUT2D eigenvalue weighted by atomic mass is 9.82. The fraction of sp³-hybridized carbons (Fsp3) is 0.200. The Morgan fingerprint density at radius 2 is 1.37 bits per heavy atom. The van der Waals surface area contributed by atoms with Crippen molar-refractivity contribution in [1.29, 1.82) is 0 Å². The fourth-order valence-electron chi connectivity index (χ4n) is 2.79. The topological polar surface area (TPSA) is 164 Å². The highest BCUT2D eigenvalue weighted by atomic mass is 16.3. The molecule has 6 N–H and O–H groups in total. The molecule has 158 valence electrons. The number of nitrogens with one attached hydrogen (secondary N) is 4. The monoisotopic (exact) mass is 414 g/mol. The normalized spacial score (nSPS) is 10.9. The molecule has 30 heavy (non-hydrogen) atoms. The molecule has 0 radical (unpaired) electrons. The van der Waals surface area contributed by atoms with Crippen LogP contribution in [0, 0.1) is 0 Å². The van der Waals surface area contributed by atoms with Gasteiger partial charge in [0.25, 0.3) is 11.1 Å². The summed E-state index contributed by atoms with van der Waals surface area (Å²) in [6.45, 7) is 9.52. The molecule has 10 nitrogen and oxygen atoms in total. The molecule has 2 rings (SSSR count). The van der Waals surface area contributed by atoms with E-state index in [1.165, 1.54) is 38.4 Å². The van der Waals surface area contributed by atoms with Gasteiger partial charge in [0.15, 0.2) is 17.1 Å². The van der Waals surface area contributed by atoms with Crippen molar-refractivity contribution in [1.82, 2.24) is 9.97 Å². The third-order valence-electron chi connectivity index (χ3n) is 4.31. The summed E-state index contributed by atoms with van der Waals surface area (Å²) >= 11 is 0. The van der Waals surface area contributed by atoms with Gasteiger partial charge in [0.05, 0.1) is 17.9 Å². The third kappa shape index (κ3) is 4.17. The molecule has 0 saturated carbocycles. The first kappa shape index (κ1) is 22.2. The van der Waals surface area contributed by atoms with Gasteiger partial charge in [-0.05, 0) is 37.1 Å². The van der Waals surface area contributed by atoms with Crippen molar-refractivity contribution in [3.8, 4) is 11.5 Å². The van der Waals surface area contributed by atoms with Gasteiger partial charge in [-0.25, -0.2) is 0 Å². The van der Waals surface area contributed by atoms with Crippen LogP contribution in [-0.2, 0) is 9.59 Å². The number of aromatic nitrogens is 2. The van der Waals surface area contributed by atoms with Gasteiger partial charge >= 0.3 is 0 Å². The number of hydrogen-bond acceptors (Lipinski definition) is 8. The van der Waals surface area contributed by atoms with Crippen molar-refractivity contribution in [2.24, 2.45) is 0 Å². The number of anilines is 2. The zero-order valence-corrected chi connectivity index (χ0v) is 16.5. The Morgan fingerprint density at radius 1 is 0.933 bits per heavy atom. The van der Waals surface area contributed by atoms with E-state index in [9.17, 15) is 29.4 Å². The van der Waals surface area contributed by atoms with Gasteiger partial charge < -0.3 is 30.8 Å². The summed E-state index contributed by atoms with van der Waals surface area (Å²) in [5.74, 6) is -2.86. The Kier molecular flexibility index (Phi) is 6.30. The Morgan fingerprint density at radius 3 is 1.83 bits per heavy atom. The number of pyridine rings is 2. The first-order valence-electron chi connectivity index (χ1n) is 8.75. The van der Waals surface area contributed by atoms with Crippen molar-refractivity contribution < 1.29 is 19.8 Å². The number of carbonyl (C=O) groups excluding carboxylic acids is 2. The molecular weight excluding hydrogens is 392 g/mol. The maximum absolute atomic E-state index is 13.1. The number of carbonyl (C=O) groups is 2. The molecule has 2 heterocycles. The van der Waals surface area contributed by atoms with Crippen molar-refractivity contribution in [3.05, 3.63) is 69.5 Å². The van der Waals surface area contributed by atoms with Crippen LogP contribution < -0.4 is 21.8 Å². The number of Topliss-reactive ketones (excluding diaryl/α,β-unsaturated/α-hetero) is 2. The number of H-pyrrole nitrogens is 2. The molecule has 0 atom stereocenters. The zero-order valence-electron chi connectivity index (χ0n) is 16.5. The Hall–Kier alpha value is -4.08. The highest BCUT2D eigenvalue weighted by molar-refractivity contribution is 6.25. The molecule has 2 aromatic rings. The highest BCUT2D eigenvalue weighted by Crippen LogP contribution is 2.28. The van der Waals surface area contributed by atoms with Gasteiger partial charge in [0.2, 0.25) is 11.5 Å². The van der Waals surface area contributed by atoms with Crippen molar-refractivity contribution >= 4 is 22.9 Å². The van der Waals surface area contributed by atoms with Crippen LogP contribution >= 0.6 is 0 Å². The SMILES string of the molecule is C=C(C)C(=O)C(CNc1cc[nH]c(=O)c1O)(Nc1cc[nH]c(=O)c1O)C(=O)C(=C)C. The molecule has 0 aromatic carbocycles. The summed E-state index contributed by atoms with van der Waals surface area (Å²) in [5.41, 5.74) is -3.89. The number of ketones is 2. The van der Waals surface area contributed by atoms with E-state index in [4.69, 9.17) is 0 Å². The third-order valence-corrected chi connectivity index (χ3v) is 4.31. The Balaban J connectivity index is 2.63. The van der Waals surface area contributed by atoms with Gasteiger partial charge in [-0.3, -0.25) is 19.2 Å². The molecule has 0 spiro atoms. The summed E-state index contributed by atoms with van der Waals surface area (Å²) in [4.78, 5) is 54.2. The molecule has 0 amide bonds. The lowest BCUT2D eigenvalue weighted by Gasteiger charge is -2.34. The molecule has 0 unspecified atom stereocenters. The minimum Gasteiger partial charge on any atom is -0.502 e. The predicted molar refractivity (Wildman–Crippen MR) is 112 cm³/mol. The van der Waals surface area contributed by atoms with Crippen LogP contribution in [0.25, 0.3) is 0 Å². The van der Waals surface area contributed by atoms with Gasteiger partial charge in [-0.1, -0.05) is 13.2 Å². The van der Waals surface area contributed by atoms with Crippen LogP contribution in [0.1, 0.15) is 13.8 Å². The van der Waals surface area contributed by atoms with Crippen molar-refractivity contribution in [3.63, 3.8) is 0 Å². The van der Waals surface area contributed by atoms with Crippen molar-refractivity contribution in [2.45, 2.75) is 19.4 Å². The predicted octanol–water partition coefficient (Wildman–Crippen LogP) is 1.03. The van der Waals surface area contributed by atoms with E-state index in [1.807, 2.05) is 0 Å². The first-order valence-corrected chi connectivity index (χ1v) is 8.75. The maximum Gasteiger partial charge on any atom is 0.292 e. The average Bonchev–Trinajstić information content (AvgIpc) is 2.70. The number of rotatable bonds is 9. The molecule has 0 aliphatic rings. The first-order chi connectivity index (χ1) is 14.0. The van der Waals surface area contributed by atoms with E-state index in [0.717, 1.165) is 0 Å². The number of aromatic amines is 2. The Bertz CT molecular complexity index is 1120. The van der Waals surface area contributed by atoms with Gasteiger partial charge in [0.1, 0.15) is 0 Å². The lowest BCUT2D eigenvalue weighted by Crippen LogP contribution is -2.58. The largest absolute Gasteiger partial charge is 0.502 e. The summed E-state index contributed by atoms with van der Waals surface area (Å²) < 4.78 is 0. The van der Waals surface area contributed by atoms with Crippen LogP contribution in [0.5, 0.6) is 11.5 Å². The fourth-order valence-corrected chi connectivity index (χ4v) is 2.79. The van der Waals surface area contributed by atoms with E-state index in [1.54, 1.807) is 0 Å². The van der Waals surface area contributed by atoms with Crippen LogP contribution in [0.2, 0.25) is 0 Å². The molecule has 0 bridgehead atoms. The van der Waals surface area contributed by atoms with Crippen LogP contribution in [0.4, 0.5) is 11.4 Å². The molecule has 0 aliphatic heterocycles. The molecule has 0 fully saturated rings. The molecule has 10 heteroatoms. The summed E-state index contributed by atoms with van der Waals surface area (Å²) in [7, 11) is 0. The number of hydrogen-bond donors (Lipinski definition) is 6. The molecule has 0 aliphatic carbocycles. The second-order valence-corrected chi connectivity index (χ2v) is 6.74. The average molecular weight is 414 g/mol. The van der Waals surface area contributed by atoms with Gasteiger partial charge in [0, 0.05) is 12.4 Å². The smallest absolute Gasteiger partial charge is 0.292 e. The second kappa shape index (κ2) is 8.52. The van der Waals surface area contributed by atoms with E-state index < -0.39 is 46.3 Å². The summed E-state index contributed by atoms with van der Waals surface area (Å²) in [5, 5.41) is 25.4. The molecule has 0 saturated heterocycles. The molecular formula is C20H22N4O6. The van der Waals surface area contributed by atoms with Gasteiger partial charge in [-0.15, -0.1) is 0 Å². The second-order valence-electron chi connectivity index (χ2n) is 6.74. The quantitative estimate of drug-likeness (QED) is 0.261. The van der Waals surface area contributed by atoms with Crippen LogP contribution in [0.3, 0.4) is 0 Å². The van der Waals surface area contributed by atoms with E-state index in [2.05, 4.69) is 33.8 Å². The zero-order chi connectivity index (χ0) is 22.6. The maximum atomic E-state index is 13.1. The minimum atomic E-state index is -2.09. The minimum absolute atomic E-state index is 0.0124. The number of aromatic hydroxyl groups is 2.